The van der Waals surface area contributed by atoms with E-state index in [1.165, 1.54) is 6.92 Å². The van der Waals surface area contributed by atoms with Crippen molar-refractivity contribution >= 4 is 29.8 Å². The van der Waals surface area contributed by atoms with Gasteiger partial charge in [-0.2, -0.15) is 0 Å². The molecular weight excluding hydrogens is 692 g/mol. The topological polar surface area (TPSA) is 212 Å². The van der Waals surface area contributed by atoms with E-state index in [9.17, 15) is 34.2 Å². The lowest BCUT2D eigenvalue weighted by molar-refractivity contribution is -0.155. The zero-order valence-corrected chi connectivity index (χ0v) is 31.3. The Kier molecular flexibility index (Phi) is 29.0. The van der Waals surface area contributed by atoms with Crippen LogP contribution in [0.2, 0.25) is 0 Å². The molecule has 0 saturated heterocycles. The number of esters is 5. The zero-order valence-electron chi connectivity index (χ0n) is 31.3. The molecule has 14 nitrogen and oxygen atoms in total. The number of unbranched alkanes of at least 4 members (excludes halogenated alkanes) is 6. The molecule has 0 aromatic heterocycles. The summed E-state index contributed by atoms with van der Waals surface area (Å²) in [5.74, 6) is -2.08. The van der Waals surface area contributed by atoms with Gasteiger partial charge in [-0.1, -0.05) is 75.6 Å². The summed E-state index contributed by atoms with van der Waals surface area (Å²) < 4.78 is 25.0. The van der Waals surface area contributed by atoms with E-state index < -0.39 is 42.8 Å². The van der Waals surface area contributed by atoms with Crippen molar-refractivity contribution in [3.63, 3.8) is 0 Å². The normalized spacial score (nSPS) is 12.2. The van der Waals surface area contributed by atoms with Crippen molar-refractivity contribution in [2.75, 3.05) is 39.6 Å². The summed E-state index contributed by atoms with van der Waals surface area (Å²) in [6, 6.07) is 9.13. The zero-order chi connectivity index (χ0) is 39.9. The van der Waals surface area contributed by atoms with E-state index in [1.54, 1.807) is 6.92 Å². The van der Waals surface area contributed by atoms with Gasteiger partial charge in [0.1, 0.15) is 25.4 Å². The van der Waals surface area contributed by atoms with Crippen LogP contribution in [0.15, 0.2) is 54.6 Å². The number of aliphatic hydroxyl groups excluding tert-OH is 4. The second-order valence-electron chi connectivity index (χ2n) is 12.5. The summed E-state index contributed by atoms with van der Waals surface area (Å²) in [7, 11) is 0. The molecule has 0 aliphatic heterocycles. The maximum atomic E-state index is 11.7. The minimum atomic E-state index is -1.24. The average molecular weight is 753 g/mol. The Morgan fingerprint density at radius 2 is 1.11 bits per heavy atom. The molecule has 0 bridgehead atoms. The van der Waals surface area contributed by atoms with E-state index in [0.717, 1.165) is 50.5 Å². The number of benzene rings is 1. The molecule has 300 valence electrons. The van der Waals surface area contributed by atoms with Crippen LogP contribution in [0.5, 0.6) is 0 Å². The molecule has 3 atom stereocenters. The molecule has 0 aliphatic carbocycles. The second-order valence-corrected chi connectivity index (χ2v) is 12.5. The molecular formula is C39H60O14. The van der Waals surface area contributed by atoms with E-state index in [-0.39, 0.29) is 63.4 Å². The molecule has 0 radical (unpaired) electrons. The summed E-state index contributed by atoms with van der Waals surface area (Å²) in [5.41, 5.74) is 1.33. The van der Waals surface area contributed by atoms with Gasteiger partial charge in [0.2, 0.25) is 0 Å². The fourth-order valence-corrected chi connectivity index (χ4v) is 4.36. The van der Waals surface area contributed by atoms with Crippen LogP contribution < -0.4 is 0 Å². The van der Waals surface area contributed by atoms with Gasteiger partial charge in [-0.3, -0.25) is 14.4 Å². The average Bonchev–Trinajstić information content (AvgIpc) is 3.13. The first-order chi connectivity index (χ1) is 25.3. The molecule has 0 aliphatic rings. The Morgan fingerprint density at radius 1 is 0.604 bits per heavy atom. The highest BCUT2D eigenvalue weighted by Crippen LogP contribution is 2.12. The molecule has 0 saturated carbocycles. The molecule has 3 unspecified atom stereocenters. The molecule has 14 heteroatoms. The van der Waals surface area contributed by atoms with E-state index in [2.05, 4.69) is 13.2 Å². The van der Waals surface area contributed by atoms with Crippen LogP contribution in [0, 0.1) is 0 Å². The molecule has 0 fully saturated rings. The third kappa shape index (κ3) is 28.1. The number of carbonyl (C=O) groups excluding carboxylic acids is 5. The minimum absolute atomic E-state index is 0.0309. The van der Waals surface area contributed by atoms with E-state index in [4.69, 9.17) is 33.9 Å². The van der Waals surface area contributed by atoms with Crippen molar-refractivity contribution < 1.29 is 68.1 Å². The van der Waals surface area contributed by atoms with Gasteiger partial charge in [0.25, 0.3) is 0 Å². The van der Waals surface area contributed by atoms with Gasteiger partial charge in [-0.15, -0.1) is 0 Å². The highest BCUT2D eigenvalue weighted by atomic mass is 16.6. The van der Waals surface area contributed by atoms with Crippen molar-refractivity contribution in [2.45, 2.75) is 116 Å². The summed E-state index contributed by atoms with van der Waals surface area (Å²) in [4.78, 5) is 57.4. The molecule has 1 rings (SSSR count). The predicted octanol–water partition coefficient (Wildman–Crippen LogP) is 3.84. The first-order valence-corrected chi connectivity index (χ1v) is 18.1. The van der Waals surface area contributed by atoms with Crippen LogP contribution in [0.4, 0.5) is 0 Å². The van der Waals surface area contributed by atoms with Crippen molar-refractivity contribution in [3.8, 4) is 0 Å². The van der Waals surface area contributed by atoms with Crippen molar-refractivity contribution in [1.29, 1.82) is 0 Å². The van der Waals surface area contributed by atoms with Gasteiger partial charge >= 0.3 is 29.8 Å². The summed E-state index contributed by atoms with van der Waals surface area (Å²) in [5, 5.41) is 36.5. The van der Waals surface area contributed by atoms with Crippen LogP contribution in [0.25, 0.3) is 0 Å². The van der Waals surface area contributed by atoms with Crippen LogP contribution >= 0.6 is 0 Å². The Hall–Kier alpha value is -4.11. The van der Waals surface area contributed by atoms with Crippen molar-refractivity contribution in [2.24, 2.45) is 0 Å². The largest absolute Gasteiger partial charge is 0.466 e. The van der Waals surface area contributed by atoms with E-state index in [0.29, 0.717) is 31.3 Å². The van der Waals surface area contributed by atoms with Gasteiger partial charge < -0.3 is 44.1 Å². The number of rotatable bonds is 28. The van der Waals surface area contributed by atoms with Crippen LogP contribution in [-0.2, 0) is 54.1 Å². The SMILES string of the molecule is C=C(C)C(=O)OC(CCOC(=O)Cc1ccccc1)C(O)CO.C=C(C)C(=O)OCCOC(=O)CCCCCCCCCC(=O)OCCCC(O)CO. The molecule has 0 spiro atoms. The summed E-state index contributed by atoms with van der Waals surface area (Å²) in [6.45, 7) is 9.45. The first kappa shape index (κ1) is 48.9. The quantitative estimate of drug-likeness (QED) is 0.0415. The number of carbonyl (C=O) groups is 5. The first-order valence-electron chi connectivity index (χ1n) is 18.1. The third-order valence-electron chi connectivity index (χ3n) is 7.43. The Labute approximate surface area is 313 Å². The Balaban J connectivity index is 0.00000105. The highest BCUT2D eigenvalue weighted by Gasteiger charge is 2.23. The van der Waals surface area contributed by atoms with Gasteiger partial charge in [0, 0.05) is 30.4 Å². The number of ether oxygens (including phenoxy) is 5. The van der Waals surface area contributed by atoms with Gasteiger partial charge in [0.05, 0.1) is 39.0 Å². The highest BCUT2D eigenvalue weighted by molar-refractivity contribution is 5.87. The summed E-state index contributed by atoms with van der Waals surface area (Å²) >= 11 is 0. The molecule has 1 aromatic carbocycles. The maximum Gasteiger partial charge on any atom is 0.333 e. The van der Waals surface area contributed by atoms with Gasteiger partial charge in [0.15, 0.2) is 0 Å². The van der Waals surface area contributed by atoms with Crippen LogP contribution in [0.3, 0.4) is 0 Å². The lowest BCUT2D eigenvalue weighted by Crippen LogP contribution is -2.35. The molecule has 4 N–H and O–H groups in total. The lowest BCUT2D eigenvalue weighted by atomic mass is 10.1. The predicted molar refractivity (Wildman–Crippen MR) is 195 cm³/mol. The van der Waals surface area contributed by atoms with E-state index in [1.807, 2.05) is 30.3 Å². The maximum absolute atomic E-state index is 11.7. The lowest BCUT2D eigenvalue weighted by Gasteiger charge is -2.21. The van der Waals surface area contributed by atoms with Crippen LogP contribution in [-0.4, -0.2) is 108 Å². The standard InChI is InChI=1S/C22H38O8.C17H22O6/c1-18(2)22(27)30-16-15-29-21(26)13-9-7-5-3-4-6-8-12-20(25)28-14-10-11-19(24)17-23;1-12(2)17(21)23-15(14(19)11-18)8-9-22-16(20)10-13-6-4-3-5-7-13/h19,23-24H,1,3-17H2,2H3;3-7,14-15,18-19H,1,8-11H2,2H3. The van der Waals surface area contributed by atoms with Crippen molar-refractivity contribution in [1.82, 2.24) is 0 Å². The van der Waals surface area contributed by atoms with Gasteiger partial charge in [-0.05, 0) is 45.1 Å². The molecule has 53 heavy (non-hydrogen) atoms. The number of hydrogen-bond donors (Lipinski definition) is 4. The minimum Gasteiger partial charge on any atom is -0.466 e. The Bertz CT molecular complexity index is 1220. The molecule has 1 aromatic rings. The fourth-order valence-electron chi connectivity index (χ4n) is 4.36. The monoisotopic (exact) mass is 752 g/mol. The van der Waals surface area contributed by atoms with E-state index >= 15 is 0 Å². The fraction of sp³-hybridized carbons (Fsp3) is 0.615. The van der Waals surface area contributed by atoms with Gasteiger partial charge in [-0.25, -0.2) is 9.59 Å². The second kappa shape index (κ2) is 31.4. The molecule has 0 amide bonds. The third-order valence-corrected chi connectivity index (χ3v) is 7.43. The Morgan fingerprint density at radius 3 is 1.64 bits per heavy atom. The number of hydrogen-bond acceptors (Lipinski definition) is 14. The molecule has 0 heterocycles. The summed E-state index contributed by atoms with van der Waals surface area (Å²) in [6.07, 6.45) is 5.58. The van der Waals surface area contributed by atoms with Crippen molar-refractivity contribution in [3.05, 3.63) is 60.2 Å². The number of aliphatic hydroxyl groups is 4. The smallest absolute Gasteiger partial charge is 0.333 e. The van der Waals surface area contributed by atoms with Crippen LogP contribution in [0.1, 0.15) is 96.5 Å².